The Bertz CT molecular complexity index is 1130. The van der Waals surface area contributed by atoms with Gasteiger partial charge in [-0.25, -0.2) is 4.79 Å². The molecule has 9 heteroatoms. The first-order valence-electron chi connectivity index (χ1n) is 11.1. The molecule has 1 aliphatic rings. The number of nitrogens with one attached hydrogen (secondary N) is 1. The number of halogens is 1. The quantitative estimate of drug-likeness (QED) is 0.254. The van der Waals surface area contributed by atoms with Crippen LogP contribution in [0.15, 0.2) is 29.8 Å². The second kappa shape index (κ2) is 10.4. The Balaban J connectivity index is 2.15. The predicted octanol–water partition coefficient (Wildman–Crippen LogP) is 3.84. The normalized spacial score (nSPS) is 17.6. The molecule has 1 aromatic carbocycles. The summed E-state index contributed by atoms with van der Waals surface area (Å²) in [6.07, 6.45) is 0.652. The number of benzene rings is 1. The van der Waals surface area contributed by atoms with Gasteiger partial charge in [0.2, 0.25) is 0 Å². The molecule has 34 heavy (non-hydrogen) atoms. The van der Waals surface area contributed by atoms with Gasteiger partial charge in [0.15, 0.2) is 0 Å². The molecule has 1 aliphatic heterocycles. The summed E-state index contributed by atoms with van der Waals surface area (Å²) < 4.78 is 5.09. The summed E-state index contributed by atoms with van der Waals surface area (Å²) in [4.78, 5) is 45.0. The molecule has 2 N–H and O–H groups in total. The van der Waals surface area contributed by atoms with E-state index in [1.165, 1.54) is 4.90 Å². The van der Waals surface area contributed by atoms with Crippen LogP contribution in [-0.4, -0.2) is 71.3 Å². The number of carbonyl (C=O) groups excluding carboxylic acids is 3. The van der Waals surface area contributed by atoms with Crippen LogP contribution in [0.5, 0.6) is 0 Å². The second-order valence-corrected chi connectivity index (χ2v) is 8.98. The lowest BCUT2D eigenvalue weighted by molar-refractivity contribution is -0.139. The van der Waals surface area contributed by atoms with Gasteiger partial charge in [-0.05, 0) is 71.1 Å². The summed E-state index contributed by atoms with van der Waals surface area (Å²) in [5.74, 6) is -2.31. The van der Waals surface area contributed by atoms with Crippen molar-refractivity contribution in [2.24, 2.45) is 0 Å². The fourth-order valence-electron chi connectivity index (χ4n) is 4.31. The lowest BCUT2D eigenvalue weighted by Gasteiger charge is -2.26. The third-order valence-electron chi connectivity index (χ3n) is 5.88. The Labute approximate surface area is 204 Å². The Kier molecular flexibility index (Phi) is 7.84. The minimum absolute atomic E-state index is 0.0159. The van der Waals surface area contributed by atoms with Gasteiger partial charge in [0.25, 0.3) is 11.7 Å². The Morgan fingerprint density at radius 2 is 1.85 bits per heavy atom. The molecular formula is C25H30ClN3O5. The average Bonchev–Trinajstić information content (AvgIpc) is 3.21. The molecule has 1 amide bonds. The number of hydrogen-bond acceptors (Lipinski definition) is 6. The highest BCUT2D eigenvalue weighted by molar-refractivity contribution is 6.46. The van der Waals surface area contributed by atoms with Crippen molar-refractivity contribution >= 4 is 35.0 Å². The van der Waals surface area contributed by atoms with E-state index in [4.69, 9.17) is 16.3 Å². The fourth-order valence-corrected chi connectivity index (χ4v) is 4.43. The van der Waals surface area contributed by atoms with Crippen LogP contribution in [-0.2, 0) is 14.3 Å². The number of aromatic nitrogens is 1. The number of aryl methyl sites for hydroxylation is 1. The molecule has 1 atom stereocenters. The lowest BCUT2D eigenvalue weighted by Crippen LogP contribution is -2.32. The van der Waals surface area contributed by atoms with E-state index in [9.17, 15) is 19.5 Å². The third kappa shape index (κ3) is 4.88. The highest BCUT2D eigenvalue weighted by atomic mass is 35.5. The van der Waals surface area contributed by atoms with Crippen LogP contribution >= 0.6 is 11.6 Å². The zero-order valence-corrected chi connectivity index (χ0v) is 20.8. The summed E-state index contributed by atoms with van der Waals surface area (Å²) in [6.45, 7) is 6.33. The Morgan fingerprint density at radius 1 is 1.21 bits per heavy atom. The molecule has 1 aromatic heterocycles. The molecule has 0 spiro atoms. The van der Waals surface area contributed by atoms with E-state index >= 15 is 0 Å². The van der Waals surface area contributed by atoms with Crippen molar-refractivity contribution in [2.45, 2.75) is 33.2 Å². The summed E-state index contributed by atoms with van der Waals surface area (Å²) in [6, 6.07) is 6.07. The number of Topliss-reactive ketones (excluding diaryl/α,β-unsaturated/α-hetero) is 1. The average molecular weight is 488 g/mol. The number of aliphatic hydroxyl groups is 1. The van der Waals surface area contributed by atoms with Crippen LogP contribution in [0.4, 0.5) is 0 Å². The summed E-state index contributed by atoms with van der Waals surface area (Å²) >= 11 is 6.06. The number of H-pyrrole nitrogens is 1. The Hall–Kier alpha value is -3.10. The van der Waals surface area contributed by atoms with Gasteiger partial charge in [-0.15, -0.1) is 0 Å². The zero-order chi connectivity index (χ0) is 25.2. The Morgan fingerprint density at radius 3 is 2.44 bits per heavy atom. The number of carbonyl (C=O) groups is 3. The number of ether oxygens (including phenoxy) is 1. The summed E-state index contributed by atoms with van der Waals surface area (Å²) in [5, 5.41) is 11.9. The van der Waals surface area contributed by atoms with Gasteiger partial charge in [0.05, 0.1) is 18.2 Å². The van der Waals surface area contributed by atoms with Gasteiger partial charge in [-0.1, -0.05) is 23.7 Å². The maximum atomic E-state index is 13.2. The second-order valence-electron chi connectivity index (χ2n) is 8.55. The van der Waals surface area contributed by atoms with Crippen LogP contribution in [0.2, 0.25) is 5.02 Å². The van der Waals surface area contributed by atoms with Crippen molar-refractivity contribution in [3.05, 3.63) is 62.9 Å². The molecule has 8 nitrogen and oxygen atoms in total. The van der Waals surface area contributed by atoms with Gasteiger partial charge in [0, 0.05) is 22.8 Å². The number of rotatable bonds is 8. The van der Waals surface area contributed by atoms with E-state index < -0.39 is 23.7 Å². The van der Waals surface area contributed by atoms with Crippen molar-refractivity contribution in [3.8, 4) is 0 Å². The predicted molar refractivity (Wildman–Crippen MR) is 130 cm³/mol. The SMILES string of the molecule is CCOC(=O)c1[nH]c(C)c(/C(O)=C2\C(=O)C(=O)N(CCCN(C)C)[C@H]2c2ccc(Cl)cc2)c1C. The molecular weight excluding hydrogens is 458 g/mol. The highest BCUT2D eigenvalue weighted by Crippen LogP contribution is 2.41. The molecule has 2 heterocycles. The van der Waals surface area contributed by atoms with Crippen LogP contribution in [0.3, 0.4) is 0 Å². The number of amides is 1. The first-order chi connectivity index (χ1) is 16.1. The van der Waals surface area contributed by atoms with Gasteiger partial charge in [0.1, 0.15) is 11.5 Å². The van der Waals surface area contributed by atoms with E-state index in [1.807, 2.05) is 19.0 Å². The van der Waals surface area contributed by atoms with E-state index in [2.05, 4.69) is 4.98 Å². The maximum absolute atomic E-state index is 13.2. The molecule has 1 saturated heterocycles. The number of hydrogen-bond donors (Lipinski definition) is 2. The van der Waals surface area contributed by atoms with Crippen LogP contribution < -0.4 is 0 Å². The third-order valence-corrected chi connectivity index (χ3v) is 6.14. The van der Waals surface area contributed by atoms with E-state index in [0.29, 0.717) is 40.4 Å². The number of nitrogens with zero attached hydrogens (tertiary/aromatic N) is 2. The number of aliphatic hydroxyl groups excluding tert-OH is 1. The number of ketones is 1. The number of likely N-dealkylation sites (tertiary alicyclic amines) is 1. The molecule has 0 unspecified atom stereocenters. The molecule has 3 rings (SSSR count). The minimum Gasteiger partial charge on any atom is -0.507 e. The van der Waals surface area contributed by atoms with Crippen LogP contribution in [0, 0.1) is 13.8 Å². The molecule has 2 aromatic rings. The molecule has 0 saturated carbocycles. The van der Waals surface area contributed by atoms with Crippen molar-refractivity contribution in [3.63, 3.8) is 0 Å². The van der Waals surface area contributed by atoms with Crippen molar-refractivity contribution < 1.29 is 24.2 Å². The van der Waals surface area contributed by atoms with Gasteiger partial charge in [-0.3, -0.25) is 9.59 Å². The highest BCUT2D eigenvalue weighted by Gasteiger charge is 2.46. The van der Waals surface area contributed by atoms with Crippen molar-refractivity contribution in [1.29, 1.82) is 0 Å². The fraction of sp³-hybridized carbons (Fsp3) is 0.400. The molecule has 0 radical (unpaired) electrons. The monoisotopic (exact) mass is 487 g/mol. The zero-order valence-electron chi connectivity index (χ0n) is 20.1. The van der Waals surface area contributed by atoms with Gasteiger partial charge < -0.3 is 24.6 Å². The topological polar surface area (TPSA) is 103 Å². The number of aromatic amines is 1. The molecule has 0 bridgehead atoms. The minimum atomic E-state index is -0.779. The van der Waals surface area contributed by atoms with Crippen LogP contribution in [0.25, 0.3) is 5.76 Å². The summed E-state index contributed by atoms with van der Waals surface area (Å²) in [5.41, 5.74) is 2.09. The smallest absolute Gasteiger partial charge is 0.355 e. The summed E-state index contributed by atoms with van der Waals surface area (Å²) in [7, 11) is 3.87. The van der Waals surface area contributed by atoms with Crippen molar-refractivity contribution in [2.75, 3.05) is 33.8 Å². The molecule has 0 aliphatic carbocycles. The van der Waals surface area contributed by atoms with E-state index in [-0.39, 0.29) is 23.6 Å². The van der Waals surface area contributed by atoms with E-state index in [1.54, 1.807) is 45.0 Å². The van der Waals surface area contributed by atoms with Crippen LogP contribution in [0.1, 0.15) is 52.3 Å². The molecule has 1 fully saturated rings. The lowest BCUT2D eigenvalue weighted by atomic mass is 9.94. The first-order valence-corrected chi connectivity index (χ1v) is 11.5. The maximum Gasteiger partial charge on any atom is 0.355 e. The van der Waals surface area contributed by atoms with E-state index in [0.717, 1.165) is 6.54 Å². The largest absolute Gasteiger partial charge is 0.507 e. The number of esters is 1. The van der Waals surface area contributed by atoms with Gasteiger partial charge in [-0.2, -0.15) is 0 Å². The molecule has 182 valence electrons. The van der Waals surface area contributed by atoms with Crippen molar-refractivity contribution in [1.82, 2.24) is 14.8 Å². The van der Waals surface area contributed by atoms with Gasteiger partial charge >= 0.3 is 5.97 Å². The standard InChI is InChI=1S/C25H30ClN3O5/c1-6-34-25(33)20-14(2)18(15(3)27-20)22(30)19-21(16-8-10-17(26)11-9-16)29(24(32)23(19)31)13-7-12-28(4)5/h8-11,21,27,30H,6-7,12-13H2,1-5H3/b22-19+/t21-/m0/s1. The first kappa shape index (κ1) is 25.5.